The van der Waals surface area contributed by atoms with Gasteiger partial charge in [0.05, 0.1) is 0 Å². The Balaban J connectivity index is 3.23. The summed E-state index contributed by atoms with van der Waals surface area (Å²) in [5.41, 5.74) is 0. The predicted molar refractivity (Wildman–Crippen MR) is 64.2 cm³/mol. The van der Waals surface area contributed by atoms with Crippen molar-refractivity contribution in [3.05, 3.63) is 10.6 Å². The highest BCUT2D eigenvalue weighted by Crippen LogP contribution is 1.99. The highest BCUT2D eigenvalue weighted by Gasteiger charge is 1.90. The van der Waals surface area contributed by atoms with E-state index in [1.807, 2.05) is 0 Å². The lowest BCUT2D eigenvalue weighted by atomic mass is 10.3. The average Bonchev–Trinajstić information content (AvgIpc) is 2.02. The SMILES string of the molecule is CC(C)[N-]CCN(C)CC[N-]C(C)C. The number of hydrogen-bond acceptors (Lipinski definition) is 1. The summed E-state index contributed by atoms with van der Waals surface area (Å²) in [4.78, 5) is 2.29. The minimum atomic E-state index is 0.462. The molecular formula is C11H25N3-2. The summed E-state index contributed by atoms with van der Waals surface area (Å²) >= 11 is 0. The predicted octanol–water partition coefficient (Wildman–Crippen LogP) is 2.48. The van der Waals surface area contributed by atoms with Crippen LogP contribution in [0.15, 0.2) is 0 Å². The van der Waals surface area contributed by atoms with Crippen LogP contribution in [0.25, 0.3) is 10.6 Å². The van der Waals surface area contributed by atoms with Gasteiger partial charge in [0.15, 0.2) is 0 Å². The maximum atomic E-state index is 4.44. The fourth-order valence-corrected chi connectivity index (χ4v) is 1.09. The van der Waals surface area contributed by atoms with Crippen molar-refractivity contribution in [2.75, 3.05) is 33.2 Å². The van der Waals surface area contributed by atoms with Gasteiger partial charge in [-0.3, -0.25) is 0 Å². The summed E-state index contributed by atoms with van der Waals surface area (Å²) in [6.45, 7) is 12.5. The van der Waals surface area contributed by atoms with E-state index in [4.69, 9.17) is 0 Å². The Morgan fingerprint density at radius 2 is 1.21 bits per heavy atom. The van der Waals surface area contributed by atoms with Crippen LogP contribution >= 0.6 is 0 Å². The maximum absolute atomic E-state index is 4.44. The first-order valence-electron chi connectivity index (χ1n) is 5.54. The Morgan fingerprint density at radius 1 is 0.857 bits per heavy atom. The van der Waals surface area contributed by atoms with E-state index in [1.165, 1.54) is 0 Å². The zero-order valence-corrected chi connectivity index (χ0v) is 10.3. The first kappa shape index (κ1) is 13.9. The van der Waals surface area contributed by atoms with E-state index in [9.17, 15) is 0 Å². The van der Waals surface area contributed by atoms with Crippen molar-refractivity contribution in [1.29, 1.82) is 0 Å². The van der Waals surface area contributed by atoms with Crippen LogP contribution in [0.5, 0.6) is 0 Å². The van der Waals surface area contributed by atoms with Gasteiger partial charge < -0.3 is 15.5 Å². The van der Waals surface area contributed by atoms with E-state index >= 15 is 0 Å². The molecule has 0 saturated heterocycles. The molecule has 0 unspecified atom stereocenters. The van der Waals surface area contributed by atoms with Gasteiger partial charge in [0.2, 0.25) is 0 Å². The molecule has 0 radical (unpaired) electrons. The van der Waals surface area contributed by atoms with Crippen LogP contribution in [0.2, 0.25) is 0 Å². The fraction of sp³-hybridized carbons (Fsp3) is 1.00. The third kappa shape index (κ3) is 9.96. The summed E-state index contributed by atoms with van der Waals surface area (Å²) in [5, 5.41) is 8.87. The van der Waals surface area contributed by atoms with Crippen molar-refractivity contribution in [3.63, 3.8) is 0 Å². The van der Waals surface area contributed by atoms with Crippen LogP contribution in [0.3, 0.4) is 0 Å². The zero-order chi connectivity index (χ0) is 11.0. The van der Waals surface area contributed by atoms with Crippen molar-refractivity contribution < 1.29 is 0 Å². The van der Waals surface area contributed by atoms with Crippen LogP contribution in [0, 0.1) is 0 Å². The number of hydrogen-bond donors (Lipinski definition) is 0. The van der Waals surface area contributed by atoms with Gasteiger partial charge in [0, 0.05) is 0 Å². The molecule has 0 aliphatic heterocycles. The van der Waals surface area contributed by atoms with Crippen LogP contribution in [-0.2, 0) is 0 Å². The van der Waals surface area contributed by atoms with Crippen molar-refractivity contribution >= 4 is 0 Å². The molecule has 3 nitrogen and oxygen atoms in total. The fourth-order valence-electron chi connectivity index (χ4n) is 1.09. The van der Waals surface area contributed by atoms with Gasteiger partial charge in [-0.1, -0.05) is 27.7 Å². The van der Waals surface area contributed by atoms with E-state index in [2.05, 4.69) is 50.3 Å². The second-order valence-electron chi connectivity index (χ2n) is 4.30. The summed E-state index contributed by atoms with van der Waals surface area (Å²) in [6.07, 6.45) is 0. The van der Waals surface area contributed by atoms with E-state index in [1.54, 1.807) is 0 Å². The second-order valence-corrected chi connectivity index (χ2v) is 4.30. The molecule has 0 aromatic rings. The summed E-state index contributed by atoms with van der Waals surface area (Å²) < 4.78 is 0. The van der Waals surface area contributed by atoms with Gasteiger partial charge in [0.25, 0.3) is 0 Å². The van der Waals surface area contributed by atoms with E-state index in [0.717, 1.165) is 26.2 Å². The van der Waals surface area contributed by atoms with Gasteiger partial charge in [0.1, 0.15) is 0 Å². The van der Waals surface area contributed by atoms with E-state index in [0.29, 0.717) is 12.1 Å². The van der Waals surface area contributed by atoms with E-state index in [-0.39, 0.29) is 0 Å². The van der Waals surface area contributed by atoms with Crippen LogP contribution in [0.1, 0.15) is 27.7 Å². The largest absolute Gasteiger partial charge is 0.659 e. The zero-order valence-electron chi connectivity index (χ0n) is 10.3. The third-order valence-corrected chi connectivity index (χ3v) is 1.95. The Bertz CT molecular complexity index is 110. The quantitative estimate of drug-likeness (QED) is 0.591. The molecule has 0 aromatic carbocycles. The molecule has 0 rings (SSSR count). The van der Waals surface area contributed by atoms with Crippen molar-refractivity contribution in [2.45, 2.75) is 39.8 Å². The lowest BCUT2D eigenvalue weighted by Crippen LogP contribution is -2.26. The minimum Gasteiger partial charge on any atom is -0.659 e. The molecule has 0 bridgehead atoms. The first-order chi connectivity index (χ1) is 6.52. The summed E-state index contributed by atoms with van der Waals surface area (Å²) in [7, 11) is 2.13. The number of likely N-dealkylation sites (N-methyl/N-ethyl adjacent to an activating group) is 1. The molecule has 0 saturated carbocycles. The average molecular weight is 199 g/mol. The first-order valence-corrected chi connectivity index (χ1v) is 5.54. The molecule has 14 heavy (non-hydrogen) atoms. The molecule has 0 fully saturated rings. The Kier molecular flexibility index (Phi) is 8.14. The lowest BCUT2D eigenvalue weighted by molar-refractivity contribution is 0.360. The molecule has 0 aliphatic carbocycles. The number of rotatable bonds is 8. The third-order valence-electron chi connectivity index (χ3n) is 1.95. The van der Waals surface area contributed by atoms with E-state index < -0.39 is 0 Å². The highest BCUT2D eigenvalue weighted by molar-refractivity contribution is 4.88. The van der Waals surface area contributed by atoms with Crippen molar-refractivity contribution in [1.82, 2.24) is 4.90 Å². The molecule has 0 heterocycles. The lowest BCUT2D eigenvalue weighted by Gasteiger charge is -2.30. The van der Waals surface area contributed by atoms with Gasteiger partial charge >= 0.3 is 0 Å². The monoisotopic (exact) mass is 199 g/mol. The van der Waals surface area contributed by atoms with Gasteiger partial charge in [-0.2, -0.15) is 0 Å². The molecule has 0 atom stereocenters. The Hall–Kier alpha value is -0.120. The van der Waals surface area contributed by atoms with Crippen molar-refractivity contribution in [2.24, 2.45) is 0 Å². The molecule has 0 amide bonds. The molecule has 0 aliphatic rings. The molecule has 86 valence electrons. The van der Waals surface area contributed by atoms with Gasteiger partial charge in [-0.05, 0) is 20.1 Å². The van der Waals surface area contributed by atoms with Crippen LogP contribution < -0.4 is 0 Å². The Morgan fingerprint density at radius 3 is 1.50 bits per heavy atom. The summed E-state index contributed by atoms with van der Waals surface area (Å²) in [5.74, 6) is 0. The van der Waals surface area contributed by atoms with Gasteiger partial charge in [-0.15, -0.1) is 25.2 Å². The minimum absolute atomic E-state index is 0.462. The topological polar surface area (TPSA) is 31.4 Å². The molecular weight excluding hydrogens is 174 g/mol. The second kappa shape index (κ2) is 8.21. The summed E-state index contributed by atoms with van der Waals surface area (Å²) in [6, 6.07) is 0.924. The smallest absolute Gasteiger partial charge is 0.0135 e. The molecule has 0 spiro atoms. The standard InChI is InChI=1S/C11H25N3/c1-10(2)12-6-8-14(5)9-7-13-11(3)4/h10-11H,6-9H2,1-5H3/q-2. The normalized spacial score (nSPS) is 12.0. The Labute approximate surface area is 89.2 Å². The van der Waals surface area contributed by atoms with Crippen LogP contribution in [-0.4, -0.2) is 50.2 Å². The number of nitrogens with zero attached hydrogens (tertiary/aromatic N) is 3. The van der Waals surface area contributed by atoms with Crippen molar-refractivity contribution in [3.8, 4) is 0 Å². The molecule has 0 N–H and O–H groups in total. The van der Waals surface area contributed by atoms with Gasteiger partial charge in [-0.25, -0.2) is 0 Å². The highest BCUT2D eigenvalue weighted by atomic mass is 15.1. The molecule has 3 heteroatoms. The molecule has 0 aromatic heterocycles. The van der Waals surface area contributed by atoms with Crippen LogP contribution in [0.4, 0.5) is 0 Å². The maximum Gasteiger partial charge on any atom is -0.0135 e.